The van der Waals surface area contributed by atoms with Gasteiger partial charge in [-0.3, -0.25) is 0 Å². The normalized spacial score (nSPS) is 27.9. The van der Waals surface area contributed by atoms with Crippen LogP contribution in [0, 0.1) is 0 Å². The van der Waals surface area contributed by atoms with E-state index in [1.807, 2.05) is 16.8 Å². The predicted octanol–water partition coefficient (Wildman–Crippen LogP) is 0.742. The Labute approximate surface area is 95.6 Å². The van der Waals surface area contributed by atoms with Crippen molar-refractivity contribution >= 4 is 9.84 Å². The molecule has 1 atom stereocenters. The molecule has 0 amide bonds. The van der Waals surface area contributed by atoms with E-state index in [4.69, 9.17) is 0 Å². The first kappa shape index (κ1) is 10.4. The van der Waals surface area contributed by atoms with Crippen molar-refractivity contribution in [2.24, 2.45) is 0 Å². The van der Waals surface area contributed by atoms with Crippen molar-refractivity contribution in [3.8, 4) is 0 Å². The third-order valence-corrected chi connectivity index (χ3v) is 5.36. The Morgan fingerprint density at radius 1 is 1.44 bits per heavy atom. The molecule has 1 aromatic heterocycles. The van der Waals surface area contributed by atoms with Gasteiger partial charge in [-0.25, -0.2) is 8.42 Å². The number of sulfone groups is 1. The van der Waals surface area contributed by atoms with Gasteiger partial charge in [-0.15, -0.1) is 0 Å². The highest BCUT2D eigenvalue weighted by atomic mass is 32.2. The van der Waals surface area contributed by atoms with Crippen molar-refractivity contribution in [2.75, 3.05) is 18.8 Å². The Hall–Kier alpha value is -0.810. The number of fused-ring (bicyclic) bond motifs is 1. The van der Waals surface area contributed by atoms with Gasteiger partial charge in [0.25, 0.3) is 0 Å². The van der Waals surface area contributed by atoms with Crippen LogP contribution in [0.5, 0.6) is 0 Å². The van der Waals surface area contributed by atoms with E-state index in [0.29, 0.717) is 16.7 Å². The van der Waals surface area contributed by atoms with Crippen LogP contribution in [0.15, 0.2) is 17.3 Å². The van der Waals surface area contributed by atoms with Gasteiger partial charge in [-0.1, -0.05) is 0 Å². The van der Waals surface area contributed by atoms with E-state index >= 15 is 0 Å². The Balaban J connectivity index is 2.02. The molecule has 0 aliphatic carbocycles. The summed E-state index contributed by atoms with van der Waals surface area (Å²) in [5, 5.41) is 3.84. The molecule has 88 valence electrons. The zero-order valence-corrected chi connectivity index (χ0v) is 9.96. The number of rotatable bonds is 1. The molecule has 5 heteroatoms. The van der Waals surface area contributed by atoms with Crippen LogP contribution in [-0.4, -0.2) is 31.8 Å². The lowest BCUT2D eigenvalue weighted by Gasteiger charge is -2.14. The molecule has 3 rings (SSSR count). The molecule has 1 unspecified atom stereocenters. The number of aryl methyl sites for hydroxylation is 1. The standard InChI is InChI=1S/C11H16N2O2S/c14-16(15)5-1-4-13-8-10(6-11(13)16)9-2-3-12-7-9/h6,8-9,12H,1-5,7H2. The van der Waals surface area contributed by atoms with Crippen molar-refractivity contribution in [3.63, 3.8) is 0 Å². The van der Waals surface area contributed by atoms with Gasteiger partial charge in [0, 0.05) is 19.3 Å². The highest BCUT2D eigenvalue weighted by Gasteiger charge is 2.27. The summed E-state index contributed by atoms with van der Waals surface area (Å²) in [5.41, 5.74) is 1.19. The van der Waals surface area contributed by atoms with Gasteiger partial charge in [0.05, 0.1) is 5.75 Å². The van der Waals surface area contributed by atoms with Gasteiger partial charge in [0.2, 0.25) is 0 Å². The summed E-state index contributed by atoms with van der Waals surface area (Å²) in [6.07, 6.45) is 3.89. The SMILES string of the molecule is O=S1(=O)CCCn2cc(C3CCNC3)cc21. The van der Waals surface area contributed by atoms with Crippen LogP contribution in [0.3, 0.4) is 0 Å². The zero-order chi connectivity index (χ0) is 11.2. The molecule has 0 aromatic carbocycles. The second-order valence-corrected chi connectivity index (χ2v) is 6.72. The number of hydrogen-bond acceptors (Lipinski definition) is 3. The summed E-state index contributed by atoms with van der Waals surface area (Å²) in [7, 11) is -3.01. The fourth-order valence-electron chi connectivity index (χ4n) is 2.64. The zero-order valence-electron chi connectivity index (χ0n) is 9.15. The van der Waals surface area contributed by atoms with Gasteiger partial charge >= 0.3 is 0 Å². The molecule has 3 heterocycles. The lowest BCUT2D eigenvalue weighted by atomic mass is 10.0. The summed E-state index contributed by atoms with van der Waals surface area (Å²) < 4.78 is 25.6. The minimum Gasteiger partial charge on any atom is -0.338 e. The molecule has 2 aliphatic rings. The third kappa shape index (κ3) is 1.58. The summed E-state index contributed by atoms with van der Waals surface area (Å²) >= 11 is 0. The summed E-state index contributed by atoms with van der Waals surface area (Å²) in [6.45, 7) is 2.86. The van der Waals surface area contributed by atoms with Gasteiger partial charge in [0.1, 0.15) is 5.03 Å². The second kappa shape index (κ2) is 3.60. The van der Waals surface area contributed by atoms with E-state index in [1.165, 1.54) is 5.56 Å². The lowest BCUT2D eigenvalue weighted by Crippen LogP contribution is -2.19. The van der Waals surface area contributed by atoms with Crippen molar-refractivity contribution in [3.05, 3.63) is 17.8 Å². The average molecular weight is 240 g/mol. The van der Waals surface area contributed by atoms with Crippen LogP contribution in [0.4, 0.5) is 0 Å². The molecule has 0 radical (unpaired) electrons. The van der Waals surface area contributed by atoms with Crippen LogP contribution in [-0.2, 0) is 16.4 Å². The van der Waals surface area contributed by atoms with Crippen molar-refractivity contribution in [1.29, 1.82) is 0 Å². The average Bonchev–Trinajstić information content (AvgIpc) is 2.84. The monoisotopic (exact) mass is 240 g/mol. The van der Waals surface area contributed by atoms with E-state index in [0.717, 1.165) is 32.5 Å². The first-order chi connectivity index (χ1) is 7.67. The maximum atomic E-state index is 11.9. The highest BCUT2D eigenvalue weighted by molar-refractivity contribution is 7.91. The maximum absolute atomic E-state index is 11.9. The fourth-order valence-corrected chi connectivity index (χ4v) is 4.18. The molecule has 2 aliphatic heterocycles. The molecule has 16 heavy (non-hydrogen) atoms. The number of nitrogens with zero attached hydrogens (tertiary/aromatic N) is 1. The molecule has 1 aromatic rings. The van der Waals surface area contributed by atoms with Crippen molar-refractivity contribution < 1.29 is 8.42 Å². The largest absolute Gasteiger partial charge is 0.338 e. The fraction of sp³-hybridized carbons (Fsp3) is 0.636. The van der Waals surface area contributed by atoms with Crippen molar-refractivity contribution in [2.45, 2.75) is 30.3 Å². The lowest BCUT2D eigenvalue weighted by molar-refractivity contribution is 0.539. The first-order valence-electron chi connectivity index (χ1n) is 5.80. The summed E-state index contributed by atoms with van der Waals surface area (Å²) in [6, 6.07) is 1.88. The predicted molar refractivity (Wildman–Crippen MR) is 61.3 cm³/mol. The topological polar surface area (TPSA) is 51.1 Å². The first-order valence-corrected chi connectivity index (χ1v) is 7.45. The Morgan fingerprint density at radius 3 is 3.00 bits per heavy atom. The number of nitrogens with one attached hydrogen (secondary N) is 1. The molecule has 0 saturated carbocycles. The smallest absolute Gasteiger partial charge is 0.193 e. The second-order valence-electron chi connectivity index (χ2n) is 4.67. The molecular weight excluding hydrogens is 224 g/mol. The van der Waals surface area contributed by atoms with Crippen LogP contribution in [0.2, 0.25) is 0 Å². The van der Waals surface area contributed by atoms with Crippen molar-refractivity contribution in [1.82, 2.24) is 9.88 Å². The highest BCUT2D eigenvalue weighted by Crippen LogP contribution is 2.29. The summed E-state index contributed by atoms with van der Waals surface area (Å²) in [4.78, 5) is 0. The molecule has 1 N–H and O–H groups in total. The quantitative estimate of drug-likeness (QED) is 0.788. The minimum absolute atomic E-state index is 0.305. The Kier molecular flexibility index (Phi) is 2.33. The van der Waals surface area contributed by atoms with Crippen LogP contribution in [0.1, 0.15) is 24.3 Å². The molecular formula is C11H16N2O2S. The Morgan fingerprint density at radius 2 is 2.31 bits per heavy atom. The third-order valence-electron chi connectivity index (χ3n) is 3.54. The molecule has 0 bridgehead atoms. The molecule has 0 spiro atoms. The van der Waals surface area contributed by atoms with Crippen LogP contribution < -0.4 is 5.32 Å². The van der Waals surface area contributed by atoms with Gasteiger partial charge in [-0.2, -0.15) is 0 Å². The van der Waals surface area contributed by atoms with E-state index in [2.05, 4.69) is 5.32 Å². The van der Waals surface area contributed by atoms with E-state index < -0.39 is 9.84 Å². The van der Waals surface area contributed by atoms with E-state index in [-0.39, 0.29) is 0 Å². The molecule has 1 saturated heterocycles. The number of aromatic nitrogens is 1. The van der Waals surface area contributed by atoms with E-state index in [1.54, 1.807) is 0 Å². The maximum Gasteiger partial charge on any atom is 0.193 e. The molecule has 4 nitrogen and oxygen atoms in total. The Bertz CT molecular complexity index is 498. The molecule has 1 fully saturated rings. The van der Waals surface area contributed by atoms with E-state index in [9.17, 15) is 8.42 Å². The number of hydrogen-bond donors (Lipinski definition) is 1. The van der Waals surface area contributed by atoms with Gasteiger partial charge in [0.15, 0.2) is 9.84 Å². The van der Waals surface area contributed by atoms with Gasteiger partial charge < -0.3 is 9.88 Å². The van der Waals surface area contributed by atoms with Crippen LogP contribution in [0.25, 0.3) is 0 Å². The van der Waals surface area contributed by atoms with Crippen LogP contribution >= 0.6 is 0 Å². The summed E-state index contributed by atoms with van der Waals surface area (Å²) in [5.74, 6) is 0.799. The minimum atomic E-state index is -3.01. The van der Waals surface area contributed by atoms with Gasteiger partial charge in [-0.05, 0) is 36.9 Å².